The first kappa shape index (κ1) is 65.0. The SMILES string of the molecule is CC/C=C\C/C=C\C/C=C\C/C=C\C/C=C\C/C=C\C/C=C\CCCCCCCC(=O)OC(COC(=O)CCCCCCCCC/C=C\C/C=C\CCCCC)COC(OCC[N+](C)(C)C)C(=O)[O-]. The molecule has 0 saturated carbocycles. The van der Waals surface area contributed by atoms with Crippen LogP contribution in [0.5, 0.6) is 0 Å². The number of hydrogen-bond acceptors (Lipinski definition) is 8. The van der Waals surface area contributed by atoms with Gasteiger partial charge in [-0.25, -0.2) is 0 Å². The van der Waals surface area contributed by atoms with E-state index in [0.29, 0.717) is 17.4 Å². The summed E-state index contributed by atoms with van der Waals surface area (Å²) in [7, 11) is 5.90. The van der Waals surface area contributed by atoms with Crippen molar-refractivity contribution in [3.05, 3.63) is 109 Å². The summed E-state index contributed by atoms with van der Waals surface area (Å²) >= 11 is 0. The second kappa shape index (κ2) is 50.3. The number of carboxylic acid groups (broad SMARTS) is 1. The first-order chi connectivity index (χ1) is 33.6. The Balaban J connectivity index is 4.39. The van der Waals surface area contributed by atoms with Crippen LogP contribution < -0.4 is 5.11 Å². The van der Waals surface area contributed by atoms with Crippen LogP contribution in [0.25, 0.3) is 0 Å². The van der Waals surface area contributed by atoms with Gasteiger partial charge in [0, 0.05) is 12.8 Å². The summed E-state index contributed by atoms with van der Waals surface area (Å²) < 4.78 is 22.6. The molecule has 0 saturated heterocycles. The Bertz CT molecular complexity index is 1490. The van der Waals surface area contributed by atoms with Crippen molar-refractivity contribution in [2.75, 3.05) is 47.5 Å². The van der Waals surface area contributed by atoms with Crippen LogP contribution >= 0.6 is 0 Å². The van der Waals surface area contributed by atoms with Crippen molar-refractivity contribution in [2.45, 2.75) is 206 Å². The van der Waals surface area contributed by atoms with E-state index in [1.54, 1.807) is 0 Å². The minimum Gasteiger partial charge on any atom is -0.545 e. The second-order valence-electron chi connectivity index (χ2n) is 18.8. The summed E-state index contributed by atoms with van der Waals surface area (Å²) in [5.41, 5.74) is 0. The number of carboxylic acids is 1. The van der Waals surface area contributed by atoms with Crippen LogP contribution in [0.1, 0.15) is 194 Å². The van der Waals surface area contributed by atoms with Crippen LogP contribution in [-0.2, 0) is 33.3 Å². The fourth-order valence-electron chi connectivity index (χ4n) is 6.84. The third kappa shape index (κ3) is 51.6. The molecule has 2 atom stereocenters. The molecular formula is C60H99NO8. The number of likely N-dealkylation sites (N-methyl/N-ethyl adjacent to an activating group) is 1. The highest BCUT2D eigenvalue weighted by Crippen LogP contribution is 2.13. The molecule has 69 heavy (non-hydrogen) atoms. The zero-order valence-corrected chi connectivity index (χ0v) is 44.4. The smallest absolute Gasteiger partial charge is 0.306 e. The number of nitrogens with zero attached hydrogens (tertiary/aromatic N) is 1. The van der Waals surface area contributed by atoms with Crippen molar-refractivity contribution in [3.63, 3.8) is 0 Å². The quantitative estimate of drug-likeness (QED) is 0.0195. The van der Waals surface area contributed by atoms with Crippen LogP contribution in [0, 0.1) is 0 Å². The van der Waals surface area contributed by atoms with Crippen LogP contribution in [0.15, 0.2) is 109 Å². The first-order valence-electron chi connectivity index (χ1n) is 27.0. The van der Waals surface area contributed by atoms with E-state index in [-0.39, 0.29) is 38.6 Å². The van der Waals surface area contributed by atoms with Crippen molar-refractivity contribution in [1.29, 1.82) is 0 Å². The molecule has 9 heteroatoms. The van der Waals surface area contributed by atoms with Crippen LogP contribution in [0.2, 0.25) is 0 Å². The number of unbranched alkanes of at least 4 members (excludes halogenated alkanes) is 15. The Morgan fingerprint density at radius 1 is 0.449 bits per heavy atom. The predicted octanol–water partition coefficient (Wildman–Crippen LogP) is 14.2. The first-order valence-corrected chi connectivity index (χ1v) is 27.0. The Morgan fingerprint density at radius 2 is 0.826 bits per heavy atom. The summed E-state index contributed by atoms with van der Waals surface area (Å²) in [6.45, 7) is 4.55. The summed E-state index contributed by atoms with van der Waals surface area (Å²) in [4.78, 5) is 37.2. The molecule has 9 nitrogen and oxygen atoms in total. The second-order valence-corrected chi connectivity index (χ2v) is 18.8. The molecular weight excluding hydrogens is 863 g/mol. The van der Waals surface area contributed by atoms with Gasteiger partial charge in [0.2, 0.25) is 0 Å². The largest absolute Gasteiger partial charge is 0.545 e. The number of ether oxygens (including phenoxy) is 4. The number of carbonyl (C=O) groups excluding carboxylic acids is 3. The zero-order chi connectivity index (χ0) is 50.6. The van der Waals surface area contributed by atoms with Gasteiger partial charge in [-0.2, -0.15) is 0 Å². The molecule has 0 aliphatic carbocycles. The van der Waals surface area contributed by atoms with Gasteiger partial charge in [-0.15, -0.1) is 0 Å². The Morgan fingerprint density at radius 3 is 1.23 bits per heavy atom. The third-order valence-electron chi connectivity index (χ3n) is 11.0. The Kier molecular flexibility index (Phi) is 47.4. The molecule has 0 rings (SSSR count). The summed E-state index contributed by atoms with van der Waals surface area (Å²) in [5.74, 6) is -2.33. The van der Waals surface area contributed by atoms with Crippen molar-refractivity contribution in [1.82, 2.24) is 0 Å². The molecule has 2 unspecified atom stereocenters. The summed E-state index contributed by atoms with van der Waals surface area (Å²) in [6, 6.07) is 0. The standard InChI is InChI=1S/C60H99NO8/c1-6-8-10-12-14-16-18-20-22-24-25-26-27-28-29-30-31-32-33-35-37-39-41-43-45-47-49-51-58(63)69-56(55-68-60(59(64)65)66-53-52-61(3,4)5)54-67-57(62)50-48-46-44-42-40-38-36-34-23-21-19-17-15-13-11-9-7-2/h8,10,14-17,20-23,25-26,28-29,31-32,35,37,56,60H,6-7,9,11-13,18-19,24,27,30,33-34,36,38-55H2,1-5H3/b10-8-,16-14-,17-15-,22-20-,23-21-,26-25-,29-28-,32-31-,37-35-. The molecule has 0 aliphatic heterocycles. The molecule has 0 aliphatic rings. The minimum atomic E-state index is -1.64. The Labute approximate surface area is 422 Å². The number of hydrogen-bond donors (Lipinski definition) is 0. The number of aliphatic carboxylic acids is 1. The maximum Gasteiger partial charge on any atom is 0.306 e. The Hall–Kier alpha value is -4.05. The number of quaternary nitrogens is 1. The minimum absolute atomic E-state index is 0.136. The van der Waals surface area contributed by atoms with E-state index in [2.05, 4.69) is 123 Å². The van der Waals surface area contributed by atoms with Gasteiger partial charge in [0.05, 0.1) is 40.3 Å². The highest BCUT2D eigenvalue weighted by Gasteiger charge is 2.22. The fourth-order valence-corrected chi connectivity index (χ4v) is 6.84. The normalized spacial score (nSPS) is 13.7. The number of esters is 2. The van der Waals surface area contributed by atoms with Gasteiger partial charge < -0.3 is 33.3 Å². The van der Waals surface area contributed by atoms with Crippen LogP contribution in [0.3, 0.4) is 0 Å². The number of allylic oxidation sites excluding steroid dienone is 18. The van der Waals surface area contributed by atoms with E-state index in [1.165, 1.54) is 44.9 Å². The van der Waals surface area contributed by atoms with Gasteiger partial charge >= 0.3 is 11.9 Å². The molecule has 392 valence electrons. The number of rotatable bonds is 48. The predicted molar refractivity (Wildman–Crippen MR) is 287 cm³/mol. The lowest BCUT2D eigenvalue weighted by atomic mass is 10.1. The van der Waals surface area contributed by atoms with E-state index in [1.807, 2.05) is 21.1 Å². The molecule has 0 amide bonds. The van der Waals surface area contributed by atoms with Gasteiger partial charge in [0.1, 0.15) is 13.2 Å². The highest BCUT2D eigenvalue weighted by atomic mass is 16.7. The molecule has 0 fully saturated rings. The van der Waals surface area contributed by atoms with Crippen molar-refractivity contribution in [2.24, 2.45) is 0 Å². The maximum absolute atomic E-state index is 12.8. The van der Waals surface area contributed by atoms with E-state index < -0.39 is 24.3 Å². The molecule has 0 aromatic heterocycles. The highest BCUT2D eigenvalue weighted by molar-refractivity contribution is 5.70. The van der Waals surface area contributed by atoms with Crippen LogP contribution in [0.4, 0.5) is 0 Å². The van der Waals surface area contributed by atoms with Crippen molar-refractivity contribution < 1.29 is 42.9 Å². The van der Waals surface area contributed by atoms with Gasteiger partial charge in [0.25, 0.3) is 0 Å². The van der Waals surface area contributed by atoms with Crippen molar-refractivity contribution >= 4 is 17.9 Å². The number of carbonyl (C=O) groups is 3. The maximum atomic E-state index is 12.8. The van der Waals surface area contributed by atoms with Crippen molar-refractivity contribution in [3.8, 4) is 0 Å². The molecule has 0 heterocycles. The molecule has 0 bridgehead atoms. The molecule has 0 spiro atoms. The topological polar surface area (TPSA) is 111 Å². The molecule has 0 aromatic carbocycles. The molecule has 0 aromatic rings. The van der Waals surface area contributed by atoms with E-state index >= 15 is 0 Å². The van der Waals surface area contributed by atoms with E-state index in [0.717, 1.165) is 116 Å². The van der Waals surface area contributed by atoms with Gasteiger partial charge in [-0.3, -0.25) is 9.59 Å². The third-order valence-corrected chi connectivity index (χ3v) is 11.0. The zero-order valence-electron chi connectivity index (χ0n) is 44.4. The van der Waals surface area contributed by atoms with E-state index in [9.17, 15) is 19.5 Å². The molecule has 0 radical (unpaired) electrons. The summed E-state index contributed by atoms with van der Waals surface area (Å²) in [5, 5.41) is 11.8. The average molecular weight is 962 g/mol. The summed E-state index contributed by atoms with van der Waals surface area (Å²) in [6.07, 6.45) is 65.5. The fraction of sp³-hybridized carbons (Fsp3) is 0.650. The van der Waals surface area contributed by atoms with Gasteiger partial charge in [-0.1, -0.05) is 187 Å². The molecule has 0 N–H and O–H groups in total. The van der Waals surface area contributed by atoms with E-state index in [4.69, 9.17) is 18.9 Å². The van der Waals surface area contributed by atoms with Gasteiger partial charge in [-0.05, 0) is 103 Å². The van der Waals surface area contributed by atoms with Crippen LogP contribution in [-0.4, -0.2) is 82.3 Å². The van der Waals surface area contributed by atoms with Gasteiger partial charge in [0.15, 0.2) is 12.4 Å². The monoisotopic (exact) mass is 962 g/mol. The lowest BCUT2D eigenvalue weighted by molar-refractivity contribution is -0.870. The lowest BCUT2D eigenvalue weighted by Gasteiger charge is -2.26. The lowest BCUT2D eigenvalue weighted by Crippen LogP contribution is -2.44. The average Bonchev–Trinajstić information content (AvgIpc) is 3.31.